The van der Waals surface area contributed by atoms with Gasteiger partial charge in [0.05, 0.1) is 0 Å². The van der Waals surface area contributed by atoms with Crippen LogP contribution in [-0.4, -0.2) is 24.4 Å². The molecular formula is C25H24N2O4. The molecule has 1 unspecified atom stereocenters. The zero-order valence-electron chi connectivity index (χ0n) is 17.2. The summed E-state index contributed by atoms with van der Waals surface area (Å²) in [7, 11) is 0. The average Bonchev–Trinajstić information content (AvgIpc) is 2.81. The summed E-state index contributed by atoms with van der Waals surface area (Å²) in [6.07, 6.45) is 0. The second kappa shape index (κ2) is 10.7. The fraction of sp³-hybridized carbons (Fsp3) is 0.160. The van der Waals surface area contributed by atoms with Gasteiger partial charge >= 0.3 is 5.97 Å². The summed E-state index contributed by atoms with van der Waals surface area (Å²) in [6, 6.07) is 24.0. The molecule has 2 N–H and O–H groups in total. The molecule has 0 aliphatic carbocycles. The predicted octanol–water partition coefficient (Wildman–Crippen LogP) is 3.33. The molecule has 1 atom stereocenters. The smallest absolute Gasteiger partial charge is 0.333 e. The van der Waals surface area contributed by atoms with E-state index in [-0.39, 0.29) is 0 Å². The molecule has 0 fully saturated rings. The maximum Gasteiger partial charge on any atom is 0.333 e. The highest BCUT2D eigenvalue weighted by molar-refractivity contribution is 5.97. The summed E-state index contributed by atoms with van der Waals surface area (Å²) in [5, 5.41) is 5.43. The van der Waals surface area contributed by atoms with Crippen LogP contribution in [0.5, 0.6) is 0 Å². The fourth-order valence-electron chi connectivity index (χ4n) is 3.00. The molecular weight excluding hydrogens is 392 g/mol. The van der Waals surface area contributed by atoms with E-state index in [1.807, 2.05) is 37.3 Å². The second-order valence-corrected chi connectivity index (χ2v) is 6.99. The van der Waals surface area contributed by atoms with Crippen LogP contribution in [0.25, 0.3) is 0 Å². The maximum absolute atomic E-state index is 12.7. The molecule has 158 valence electrons. The number of amides is 2. The standard InChI is InChI=1S/C25H24N2O4/c1-18-10-8-9-15-21(18)16-26-22(28)17-31-25(30)23(19-11-4-2-5-12-19)27-24(29)20-13-6-3-7-14-20/h2-15,23H,16-17H2,1H3,(H,26,28)(H,27,29). The SMILES string of the molecule is Cc1ccccc1CNC(=O)COC(=O)C(NC(=O)c1ccccc1)c1ccccc1. The van der Waals surface area contributed by atoms with Crippen molar-refractivity contribution in [3.63, 3.8) is 0 Å². The Labute approximate surface area is 181 Å². The predicted molar refractivity (Wildman–Crippen MR) is 117 cm³/mol. The van der Waals surface area contributed by atoms with Crippen molar-refractivity contribution >= 4 is 17.8 Å². The molecule has 0 aromatic heterocycles. The number of ether oxygens (including phenoxy) is 1. The Hall–Kier alpha value is -3.93. The third-order valence-corrected chi connectivity index (χ3v) is 4.76. The van der Waals surface area contributed by atoms with Crippen molar-refractivity contribution < 1.29 is 19.1 Å². The lowest BCUT2D eigenvalue weighted by Crippen LogP contribution is -2.37. The van der Waals surface area contributed by atoms with Gasteiger partial charge in [0.1, 0.15) is 0 Å². The second-order valence-electron chi connectivity index (χ2n) is 6.99. The van der Waals surface area contributed by atoms with Crippen molar-refractivity contribution in [2.75, 3.05) is 6.61 Å². The minimum Gasteiger partial charge on any atom is -0.454 e. The highest BCUT2D eigenvalue weighted by atomic mass is 16.5. The van der Waals surface area contributed by atoms with Crippen LogP contribution in [0, 0.1) is 6.92 Å². The number of rotatable bonds is 8. The van der Waals surface area contributed by atoms with E-state index < -0.39 is 30.4 Å². The highest BCUT2D eigenvalue weighted by Gasteiger charge is 2.25. The van der Waals surface area contributed by atoms with Crippen LogP contribution in [-0.2, 0) is 20.9 Å². The van der Waals surface area contributed by atoms with Crippen LogP contribution in [0.4, 0.5) is 0 Å². The van der Waals surface area contributed by atoms with Gasteiger partial charge in [0.2, 0.25) is 0 Å². The van der Waals surface area contributed by atoms with E-state index in [1.54, 1.807) is 54.6 Å². The lowest BCUT2D eigenvalue weighted by atomic mass is 10.1. The van der Waals surface area contributed by atoms with Gasteiger partial charge in [-0.15, -0.1) is 0 Å². The number of hydrogen-bond acceptors (Lipinski definition) is 4. The number of carbonyl (C=O) groups excluding carboxylic acids is 3. The molecule has 6 nitrogen and oxygen atoms in total. The molecule has 0 spiro atoms. The van der Waals surface area contributed by atoms with Crippen molar-refractivity contribution in [2.45, 2.75) is 19.5 Å². The highest BCUT2D eigenvalue weighted by Crippen LogP contribution is 2.16. The Kier molecular flexibility index (Phi) is 7.54. The third kappa shape index (κ3) is 6.27. The topological polar surface area (TPSA) is 84.5 Å². The molecule has 3 aromatic carbocycles. The van der Waals surface area contributed by atoms with Gasteiger partial charge in [-0.1, -0.05) is 72.8 Å². The zero-order chi connectivity index (χ0) is 22.1. The molecule has 0 saturated carbocycles. The van der Waals surface area contributed by atoms with Gasteiger partial charge < -0.3 is 15.4 Å². The van der Waals surface area contributed by atoms with Gasteiger partial charge in [-0.25, -0.2) is 4.79 Å². The van der Waals surface area contributed by atoms with Crippen molar-refractivity contribution in [3.8, 4) is 0 Å². The van der Waals surface area contributed by atoms with E-state index >= 15 is 0 Å². The van der Waals surface area contributed by atoms with E-state index in [0.29, 0.717) is 17.7 Å². The quantitative estimate of drug-likeness (QED) is 0.552. The van der Waals surface area contributed by atoms with Gasteiger partial charge in [-0.3, -0.25) is 9.59 Å². The molecule has 2 amide bonds. The van der Waals surface area contributed by atoms with Gasteiger partial charge in [-0.2, -0.15) is 0 Å². The van der Waals surface area contributed by atoms with Crippen molar-refractivity contribution in [1.82, 2.24) is 10.6 Å². The molecule has 0 aliphatic rings. The number of nitrogens with one attached hydrogen (secondary N) is 2. The number of hydrogen-bond donors (Lipinski definition) is 2. The minimum absolute atomic E-state index is 0.343. The summed E-state index contributed by atoms with van der Waals surface area (Å²) in [6.45, 7) is 1.87. The van der Waals surface area contributed by atoms with Gasteiger partial charge in [-0.05, 0) is 35.7 Å². The third-order valence-electron chi connectivity index (χ3n) is 4.76. The number of benzene rings is 3. The van der Waals surface area contributed by atoms with Crippen LogP contribution in [0.1, 0.15) is 33.1 Å². The number of esters is 1. The summed E-state index contributed by atoms with van der Waals surface area (Å²) in [5.41, 5.74) is 3.04. The van der Waals surface area contributed by atoms with Crippen LogP contribution < -0.4 is 10.6 Å². The van der Waals surface area contributed by atoms with Gasteiger partial charge in [0, 0.05) is 12.1 Å². The van der Waals surface area contributed by atoms with E-state index in [2.05, 4.69) is 10.6 Å². The number of carbonyl (C=O) groups is 3. The lowest BCUT2D eigenvalue weighted by molar-refractivity contribution is -0.150. The van der Waals surface area contributed by atoms with Gasteiger partial charge in [0.15, 0.2) is 12.6 Å². The Balaban J connectivity index is 1.61. The van der Waals surface area contributed by atoms with Crippen LogP contribution in [0.15, 0.2) is 84.9 Å². The molecule has 0 heterocycles. The molecule has 3 aromatic rings. The van der Waals surface area contributed by atoms with E-state index in [1.165, 1.54) is 0 Å². The van der Waals surface area contributed by atoms with E-state index in [4.69, 9.17) is 4.74 Å². The average molecular weight is 416 g/mol. The Bertz CT molecular complexity index is 1040. The minimum atomic E-state index is -1.03. The molecule has 0 saturated heterocycles. The van der Waals surface area contributed by atoms with Crippen molar-refractivity contribution in [1.29, 1.82) is 0 Å². The number of aryl methyl sites for hydroxylation is 1. The Morgan fingerprint density at radius 3 is 2.13 bits per heavy atom. The van der Waals surface area contributed by atoms with Crippen molar-refractivity contribution in [3.05, 3.63) is 107 Å². The Morgan fingerprint density at radius 1 is 0.839 bits per heavy atom. The van der Waals surface area contributed by atoms with Crippen LogP contribution >= 0.6 is 0 Å². The molecule has 3 rings (SSSR count). The first-order valence-electron chi connectivity index (χ1n) is 9.93. The largest absolute Gasteiger partial charge is 0.454 e. The fourth-order valence-corrected chi connectivity index (χ4v) is 3.00. The first-order valence-corrected chi connectivity index (χ1v) is 9.93. The Morgan fingerprint density at radius 2 is 1.45 bits per heavy atom. The molecule has 6 heteroatoms. The van der Waals surface area contributed by atoms with Crippen molar-refractivity contribution in [2.24, 2.45) is 0 Å². The molecule has 0 aliphatic heterocycles. The van der Waals surface area contributed by atoms with Crippen LogP contribution in [0.2, 0.25) is 0 Å². The van der Waals surface area contributed by atoms with E-state index in [0.717, 1.165) is 11.1 Å². The monoisotopic (exact) mass is 416 g/mol. The zero-order valence-corrected chi connectivity index (χ0v) is 17.2. The molecule has 0 radical (unpaired) electrons. The first kappa shape index (κ1) is 21.8. The molecule has 0 bridgehead atoms. The van der Waals surface area contributed by atoms with E-state index in [9.17, 15) is 14.4 Å². The summed E-state index contributed by atoms with van der Waals surface area (Å²) < 4.78 is 5.21. The lowest BCUT2D eigenvalue weighted by Gasteiger charge is -2.18. The first-order chi connectivity index (χ1) is 15.0. The molecule has 31 heavy (non-hydrogen) atoms. The van der Waals surface area contributed by atoms with Gasteiger partial charge in [0.25, 0.3) is 11.8 Å². The summed E-state index contributed by atoms with van der Waals surface area (Å²) >= 11 is 0. The van der Waals surface area contributed by atoms with Crippen LogP contribution in [0.3, 0.4) is 0 Å². The maximum atomic E-state index is 12.7. The summed E-state index contributed by atoms with van der Waals surface area (Å²) in [5.74, 6) is -1.53. The normalized spacial score (nSPS) is 11.3. The summed E-state index contributed by atoms with van der Waals surface area (Å²) in [4.78, 5) is 37.4.